The van der Waals surface area contributed by atoms with Crippen LogP contribution in [-0.4, -0.2) is 39.6 Å². The fraction of sp³-hybridized carbons (Fsp3) is 0.353. The molecule has 3 aliphatic rings. The number of halogens is 1. The van der Waals surface area contributed by atoms with E-state index in [9.17, 15) is 14.0 Å². The minimum absolute atomic E-state index is 0.000363. The van der Waals surface area contributed by atoms with Gasteiger partial charge in [0.15, 0.2) is 0 Å². The van der Waals surface area contributed by atoms with Crippen molar-refractivity contribution in [3.63, 3.8) is 0 Å². The molecule has 0 fully saturated rings. The van der Waals surface area contributed by atoms with Gasteiger partial charge in [-0.2, -0.15) is 0 Å². The predicted molar refractivity (Wildman–Crippen MR) is 164 cm³/mol. The molecule has 1 N–H and O–H groups in total. The highest BCUT2D eigenvalue weighted by molar-refractivity contribution is 6.44. The van der Waals surface area contributed by atoms with Crippen LogP contribution in [0.3, 0.4) is 0 Å². The molecule has 1 aromatic rings. The SMILES string of the molecule is C/C=C\C1=C(/C=C/C=C/CN2C(=O)C(/C=C/C=C\C=C(/C)F)=NC2(C)CCCC)C[C@@]2(C1)C(=O)Nc1ncccc12. The minimum atomic E-state index is -0.623. The van der Waals surface area contributed by atoms with Crippen molar-refractivity contribution in [3.8, 4) is 0 Å². The Hall–Kier alpha value is -4.13. The van der Waals surface area contributed by atoms with Crippen LogP contribution in [0.5, 0.6) is 0 Å². The van der Waals surface area contributed by atoms with Crippen molar-refractivity contribution in [2.45, 2.75) is 70.9 Å². The molecule has 1 spiro atoms. The second-order valence-electron chi connectivity index (χ2n) is 10.9. The van der Waals surface area contributed by atoms with Crippen LogP contribution in [0.1, 0.15) is 65.4 Å². The van der Waals surface area contributed by atoms with Crippen LogP contribution in [0.4, 0.5) is 10.2 Å². The van der Waals surface area contributed by atoms with Crippen LogP contribution in [0.25, 0.3) is 0 Å². The Kier molecular flexibility index (Phi) is 9.48. The van der Waals surface area contributed by atoms with Gasteiger partial charge in [-0.15, -0.1) is 0 Å². The van der Waals surface area contributed by atoms with E-state index in [0.717, 1.165) is 36.0 Å². The number of nitrogens with zero attached hydrogens (tertiary/aromatic N) is 3. The summed E-state index contributed by atoms with van der Waals surface area (Å²) < 4.78 is 12.9. The average molecular weight is 555 g/mol. The summed E-state index contributed by atoms with van der Waals surface area (Å²) in [6.45, 7) is 7.91. The Morgan fingerprint density at radius 1 is 1.10 bits per heavy atom. The zero-order valence-electron chi connectivity index (χ0n) is 24.4. The van der Waals surface area contributed by atoms with Gasteiger partial charge < -0.3 is 10.2 Å². The van der Waals surface area contributed by atoms with E-state index in [4.69, 9.17) is 4.99 Å². The fourth-order valence-corrected chi connectivity index (χ4v) is 5.70. The minimum Gasteiger partial charge on any atom is -0.310 e. The highest BCUT2D eigenvalue weighted by atomic mass is 19.1. The third-order valence-corrected chi connectivity index (χ3v) is 7.80. The van der Waals surface area contributed by atoms with E-state index in [1.54, 1.807) is 30.5 Å². The summed E-state index contributed by atoms with van der Waals surface area (Å²) in [6, 6.07) is 3.87. The lowest BCUT2D eigenvalue weighted by atomic mass is 9.78. The molecule has 214 valence electrons. The fourth-order valence-electron chi connectivity index (χ4n) is 5.70. The van der Waals surface area contributed by atoms with Crippen LogP contribution in [0.15, 0.2) is 107 Å². The van der Waals surface area contributed by atoms with Crippen molar-refractivity contribution in [2.75, 3.05) is 11.9 Å². The molecule has 1 aromatic heterocycles. The van der Waals surface area contributed by atoms with E-state index in [2.05, 4.69) is 29.4 Å². The molecule has 1 unspecified atom stereocenters. The average Bonchev–Trinajstić information content (AvgIpc) is 3.52. The molecule has 0 saturated carbocycles. The number of unbranched alkanes of at least 4 members (excludes halogenated alkanes) is 1. The number of rotatable bonds is 11. The Bertz CT molecular complexity index is 1420. The lowest BCUT2D eigenvalue weighted by Crippen LogP contribution is -2.44. The Labute approximate surface area is 242 Å². The van der Waals surface area contributed by atoms with Gasteiger partial charge in [0.05, 0.1) is 11.2 Å². The number of pyridine rings is 1. The number of hydrogen-bond donors (Lipinski definition) is 1. The van der Waals surface area contributed by atoms with E-state index >= 15 is 0 Å². The molecule has 0 bridgehead atoms. The number of carbonyl (C=O) groups excluding carboxylic acids is 2. The topological polar surface area (TPSA) is 74.7 Å². The van der Waals surface area contributed by atoms with Crippen LogP contribution in [-0.2, 0) is 15.0 Å². The summed E-state index contributed by atoms with van der Waals surface area (Å²) in [5, 5.41) is 2.96. The van der Waals surface area contributed by atoms with Crippen LogP contribution < -0.4 is 5.32 Å². The lowest BCUT2D eigenvalue weighted by molar-refractivity contribution is -0.126. The molecule has 6 nitrogen and oxygen atoms in total. The number of carbonyl (C=O) groups is 2. The number of fused-ring (bicyclic) bond motifs is 2. The van der Waals surface area contributed by atoms with Gasteiger partial charge in [0, 0.05) is 18.3 Å². The zero-order valence-corrected chi connectivity index (χ0v) is 24.4. The zero-order chi connectivity index (χ0) is 29.5. The van der Waals surface area contributed by atoms with Gasteiger partial charge >= 0.3 is 0 Å². The first-order valence-corrected chi connectivity index (χ1v) is 14.3. The smallest absolute Gasteiger partial charge is 0.274 e. The van der Waals surface area contributed by atoms with Crippen LogP contribution in [0.2, 0.25) is 0 Å². The van der Waals surface area contributed by atoms with E-state index < -0.39 is 11.1 Å². The highest BCUT2D eigenvalue weighted by Gasteiger charge is 2.51. The molecule has 3 heterocycles. The maximum atomic E-state index is 13.3. The van der Waals surface area contributed by atoms with E-state index in [1.807, 2.05) is 55.2 Å². The predicted octanol–water partition coefficient (Wildman–Crippen LogP) is 7.23. The Morgan fingerprint density at radius 2 is 1.85 bits per heavy atom. The number of allylic oxidation sites excluding steroid dienone is 12. The molecule has 4 rings (SSSR count). The molecule has 2 atom stereocenters. The maximum absolute atomic E-state index is 13.3. The molecule has 1 aliphatic carbocycles. The van der Waals surface area contributed by atoms with Gasteiger partial charge in [-0.3, -0.25) is 14.6 Å². The van der Waals surface area contributed by atoms with Crippen LogP contribution >= 0.6 is 0 Å². The number of amides is 2. The first-order valence-electron chi connectivity index (χ1n) is 14.3. The molecule has 0 aromatic carbocycles. The van der Waals surface area contributed by atoms with E-state index in [0.29, 0.717) is 30.9 Å². The van der Waals surface area contributed by atoms with Gasteiger partial charge in [0.1, 0.15) is 17.2 Å². The van der Waals surface area contributed by atoms with Crippen molar-refractivity contribution in [1.82, 2.24) is 9.88 Å². The molecule has 0 saturated heterocycles. The quantitative estimate of drug-likeness (QED) is 0.293. The van der Waals surface area contributed by atoms with Crippen molar-refractivity contribution in [2.24, 2.45) is 4.99 Å². The number of nitrogens with one attached hydrogen (secondary N) is 1. The summed E-state index contributed by atoms with van der Waals surface area (Å²) in [6.07, 6.45) is 25.8. The Balaban J connectivity index is 1.46. The first kappa shape index (κ1) is 29.8. The normalized spacial score (nSPS) is 25.0. The van der Waals surface area contributed by atoms with E-state index in [1.165, 1.54) is 13.0 Å². The second kappa shape index (κ2) is 13.0. The van der Waals surface area contributed by atoms with Crippen molar-refractivity contribution in [3.05, 3.63) is 108 Å². The number of hydrogen-bond acceptors (Lipinski definition) is 4. The third-order valence-electron chi connectivity index (χ3n) is 7.80. The summed E-state index contributed by atoms with van der Waals surface area (Å²) in [5.74, 6) is 0.259. The molecular weight excluding hydrogens is 515 g/mol. The van der Waals surface area contributed by atoms with Crippen molar-refractivity contribution >= 4 is 23.3 Å². The van der Waals surface area contributed by atoms with Crippen molar-refractivity contribution in [1.29, 1.82) is 0 Å². The first-order chi connectivity index (χ1) is 19.7. The van der Waals surface area contributed by atoms with Gasteiger partial charge in [-0.05, 0) is 75.8 Å². The number of anilines is 1. The molecule has 0 radical (unpaired) electrons. The summed E-state index contributed by atoms with van der Waals surface area (Å²) >= 11 is 0. The van der Waals surface area contributed by atoms with Gasteiger partial charge in [0.2, 0.25) is 5.91 Å². The highest BCUT2D eigenvalue weighted by Crippen LogP contribution is 2.50. The second-order valence-corrected chi connectivity index (χ2v) is 10.9. The van der Waals surface area contributed by atoms with Gasteiger partial charge in [-0.1, -0.05) is 74.1 Å². The van der Waals surface area contributed by atoms with Crippen LogP contribution in [0, 0.1) is 0 Å². The van der Waals surface area contributed by atoms with E-state index in [-0.39, 0.29) is 17.6 Å². The molecule has 2 amide bonds. The van der Waals surface area contributed by atoms with Crippen molar-refractivity contribution < 1.29 is 14.0 Å². The largest absolute Gasteiger partial charge is 0.310 e. The monoisotopic (exact) mass is 554 g/mol. The number of aliphatic imine (C=N–C) groups is 1. The molecule has 41 heavy (non-hydrogen) atoms. The maximum Gasteiger partial charge on any atom is 0.274 e. The molecule has 2 aliphatic heterocycles. The van der Waals surface area contributed by atoms with Gasteiger partial charge in [-0.25, -0.2) is 9.37 Å². The lowest BCUT2D eigenvalue weighted by Gasteiger charge is -2.32. The standard InChI is InChI=1S/C34H39FN4O2/c1-5-7-20-33(4)38-29(19-12-8-10-16-25(3)35)31(40)39(33)22-13-9-11-17-27-24-34(23-26(27)15-6-2)28-18-14-21-36-30(28)37-32(34)41/h6,8-19,21H,5,7,20,22-24H2,1-4H3,(H,36,37,41)/b10-8-,13-9+,15-6-,17-11+,19-12+,25-16+/t33?,34-/m1/s1. The molecular formula is C34H39FN4O2. The number of aromatic nitrogens is 1. The van der Waals surface area contributed by atoms with Gasteiger partial charge in [0.25, 0.3) is 5.91 Å². The Morgan fingerprint density at radius 3 is 2.59 bits per heavy atom. The summed E-state index contributed by atoms with van der Waals surface area (Å²) in [4.78, 5) is 37.3. The third kappa shape index (κ3) is 6.45. The summed E-state index contributed by atoms with van der Waals surface area (Å²) in [5.41, 5.74) is 2.38. The summed E-state index contributed by atoms with van der Waals surface area (Å²) in [7, 11) is 0. The molecule has 7 heteroatoms.